The Kier molecular flexibility index (Phi) is 4.20. The molecule has 2 N–H and O–H groups in total. The first-order valence-electron chi connectivity index (χ1n) is 5.92. The lowest BCUT2D eigenvalue weighted by molar-refractivity contribution is 0.102. The fraction of sp³-hybridized carbons (Fsp3) is 0.143. The van der Waals surface area contributed by atoms with Gasteiger partial charge in [-0.2, -0.15) is 0 Å². The smallest absolute Gasteiger partial charge is 0.255 e. The molecule has 104 valence electrons. The lowest BCUT2D eigenvalue weighted by Gasteiger charge is -2.09. The van der Waals surface area contributed by atoms with Crippen LogP contribution in [0, 0.1) is 12.7 Å². The Balaban J connectivity index is 2.26. The Morgan fingerprint density at radius 3 is 2.70 bits per heavy atom. The molecule has 6 heteroatoms. The maximum atomic E-state index is 12.9. The molecule has 2 rings (SSSR count). The molecule has 1 aromatic carbocycles. The standard InChI is InChI=1S/C14H13ClFN3O/c1-8-5-9(6-13(17-2)18-8)14(20)19-12-4-3-10(16)7-11(12)15/h3-7H,1-2H3,(H,17,18)(H,19,20). The third-order valence-corrected chi connectivity index (χ3v) is 2.96. The fourth-order valence-corrected chi connectivity index (χ4v) is 1.93. The van der Waals surface area contributed by atoms with E-state index in [9.17, 15) is 9.18 Å². The van der Waals surface area contributed by atoms with Gasteiger partial charge in [-0.25, -0.2) is 9.37 Å². The van der Waals surface area contributed by atoms with Crippen LogP contribution in [0.1, 0.15) is 16.1 Å². The first kappa shape index (κ1) is 14.3. The molecule has 0 saturated carbocycles. The van der Waals surface area contributed by atoms with Gasteiger partial charge in [0.2, 0.25) is 0 Å². The number of halogens is 2. The molecule has 1 amide bonds. The van der Waals surface area contributed by atoms with E-state index in [1.54, 1.807) is 26.1 Å². The minimum absolute atomic E-state index is 0.151. The maximum absolute atomic E-state index is 12.9. The number of hydrogen-bond donors (Lipinski definition) is 2. The van der Waals surface area contributed by atoms with Gasteiger partial charge in [-0.05, 0) is 37.3 Å². The molecule has 20 heavy (non-hydrogen) atoms. The summed E-state index contributed by atoms with van der Waals surface area (Å²) in [6.07, 6.45) is 0. The monoisotopic (exact) mass is 293 g/mol. The predicted octanol–water partition coefficient (Wildman–Crippen LogP) is 3.48. The van der Waals surface area contributed by atoms with Crippen LogP contribution in [0.15, 0.2) is 30.3 Å². The first-order valence-corrected chi connectivity index (χ1v) is 6.30. The molecular formula is C14H13ClFN3O. The number of aryl methyl sites for hydroxylation is 1. The molecule has 0 atom stereocenters. The Morgan fingerprint density at radius 2 is 2.05 bits per heavy atom. The summed E-state index contributed by atoms with van der Waals surface area (Å²) in [6, 6.07) is 7.09. The zero-order valence-electron chi connectivity index (χ0n) is 11.0. The van der Waals surface area contributed by atoms with E-state index < -0.39 is 5.82 Å². The van der Waals surface area contributed by atoms with Crippen LogP contribution in [0.2, 0.25) is 5.02 Å². The summed E-state index contributed by atoms with van der Waals surface area (Å²) >= 11 is 5.87. The second-order valence-electron chi connectivity index (χ2n) is 4.21. The van der Waals surface area contributed by atoms with Crippen molar-refractivity contribution in [2.24, 2.45) is 0 Å². The largest absolute Gasteiger partial charge is 0.373 e. The second-order valence-corrected chi connectivity index (χ2v) is 4.62. The quantitative estimate of drug-likeness (QED) is 0.911. The molecule has 4 nitrogen and oxygen atoms in total. The number of aromatic nitrogens is 1. The van der Waals surface area contributed by atoms with Crippen LogP contribution >= 0.6 is 11.6 Å². The molecule has 0 bridgehead atoms. The lowest BCUT2D eigenvalue weighted by Crippen LogP contribution is -2.13. The molecule has 0 fully saturated rings. The molecule has 0 radical (unpaired) electrons. The van der Waals surface area contributed by atoms with Crippen molar-refractivity contribution in [3.05, 3.63) is 52.4 Å². The van der Waals surface area contributed by atoms with Crippen LogP contribution in [-0.4, -0.2) is 17.9 Å². The van der Waals surface area contributed by atoms with Gasteiger partial charge in [0.15, 0.2) is 0 Å². The summed E-state index contributed by atoms with van der Waals surface area (Å²) in [5.74, 6) is -0.189. The molecule has 1 aromatic heterocycles. The van der Waals surface area contributed by atoms with Gasteiger partial charge >= 0.3 is 0 Å². The van der Waals surface area contributed by atoms with Crippen LogP contribution in [0.25, 0.3) is 0 Å². The van der Waals surface area contributed by atoms with Crippen molar-refractivity contribution in [1.29, 1.82) is 0 Å². The summed E-state index contributed by atoms with van der Waals surface area (Å²) in [6.45, 7) is 1.79. The minimum atomic E-state index is -0.453. The zero-order valence-corrected chi connectivity index (χ0v) is 11.8. The number of rotatable bonds is 3. The van der Waals surface area contributed by atoms with E-state index in [0.29, 0.717) is 22.8 Å². The molecule has 0 unspecified atom stereocenters. The fourth-order valence-electron chi connectivity index (χ4n) is 1.71. The van der Waals surface area contributed by atoms with Gasteiger partial charge in [-0.3, -0.25) is 4.79 Å². The molecular weight excluding hydrogens is 281 g/mol. The van der Waals surface area contributed by atoms with Gasteiger partial charge in [0.05, 0.1) is 10.7 Å². The van der Waals surface area contributed by atoms with E-state index in [0.717, 1.165) is 6.07 Å². The molecule has 0 spiro atoms. The van der Waals surface area contributed by atoms with Crippen molar-refractivity contribution in [1.82, 2.24) is 4.98 Å². The Hall–Kier alpha value is -2.14. The maximum Gasteiger partial charge on any atom is 0.255 e. The highest BCUT2D eigenvalue weighted by atomic mass is 35.5. The molecule has 2 aromatic rings. The van der Waals surface area contributed by atoms with Crippen molar-refractivity contribution < 1.29 is 9.18 Å². The third kappa shape index (κ3) is 3.24. The lowest BCUT2D eigenvalue weighted by atomic mass is 10.2. The number of nitrogens with one attached hydrogen (secondary N) is 2. The number of carbonyl (C=O) groups excluding carboxylic acids is 1. The number of pyridine rings is 1. The van der Waals surface area contributed by atoms with Crippen molar-refractivity contribution in [2.75, 3.05) is 17.7 Å². The second kappa shape index (κ2) is 5.88. The van der Waals surface area contributed by atoms with E-state index in [-0.39, 0.29) is 10.9 Å². The van der Waals surface area contributed by atoms with Gasteiger partial charge < -0.3 is 10.6 Å². The van der Waals surface area contributed by atoms with Crippen LogP contribution < -0.4 is 10.6 Å². The number of anilines is 2. The average Bonchev–Trinajstić information content (AvgIpc) is 2.41. The van der Waals surface area contributed by atoms with E-state index >= 15 is 0 Å². The highest BCUT2D eigenvalue weighted by Crippen LogP contribution is 2.23. The Bertz CT molecular complexity index is 661. The topological polar surface area (TPSA) is 54.0 Å². The van der Waals surface area contributed by atoms with Crippen molar-refractivity contribution in [3.63, 3.8) is 0 Å². The molecule has 0 aliphatic carbocycles. The van der Waals surface area contributed by atoms with Crippen LogP contribution in [0.5, 0.6) is 0 Å². The summed E-state index contributed by atoms with van der Waals surface area (Å²) in [5.41, 5.74) is 1.52. The number of amides is 1. The molecule has 0 aliphatic heterocycles. The predicted molar refractivity (Wildman–Crippen MR) is 77.9 cm³/mol. The van der Waals surface area contributed by atoms with Gasteiger partial charge in [-0.1, -0.05) is 11.6 Å². The number of hydrogen-bond acceptors (Lipinski definition) is 3. The number of carbonyl (C=O) groups is 1. The van der Waals surface area contributed by atoms with Crippen molar-refractivity contribution >= 4 is 29.0 Å². The molecule has 1 heterocycles. The van der Waals surface area contributed by atoms with Crippen LogP contribution in [-0.2, 0) is 0 Å². The van der Waals surface area contributed by atoms with Gasteiger partial charge in [0, 0.05) is 18.3 Å². The summed E-state index contributed by atoms with van der Waals surface area (Å²) < 4.78 is 12.9. The third-order valence-electron chi connectivity index (χ3n) is 2.65. The molecule has 0 saturated heterocycles. The highest BCUT2D eigenvalue weighted by molar-refractivity contribution is 6.33. The number of nitrogens with zero attached hydrogens (tertiary/aromatic N) is 1. The van der Waals surface area contributed by atoms with Gasteiger partial charge in [0.1, 0.15) is 11.6 Å². The van der Waals surface area contributed by atoms with Gasteiger partial charge in [0.25, 0.3) is 5.91 Å². The highest BCUT2D eigenvalue weighted by Gasteiger charge is 2.11. The number of benzene rings is 1. The van der Waals surface area contributed by atoms with Crippen LogP contribution in [0.4, 0.5) is 15.9 Å². The SMILES string of the molecule is CNc1cc(C(=O)Nc2ccc(F)cc2Cl)cc(C)n1. The van der Waals surface area contributed by atoms with Gasteiger partial charge in [-0.15, -0.1) is 0 Å². The van der Waals surface area contributed by atoms with Crippen LogP contribution in [0.3, 0.4) is 0 Å². The summed E-state index contributed by atoms with van der Waals surface area (Å²) in [4.78, 5) is 16.4. The Labute approximate surface area is 121 Å². The average molecular weight is 294 g/mol. The van der Waals surface area contributed by atoms with Crippen molar-refractivity contribution in [3.8, 4) is 0 Å². The van der Waals surface area contributed by atoms with E-state index in [4.69, 9.17) is 11.6 Å². The van der Waals surface area contributed by atoms with E-state index in [2.05, 4.69) is 15.6 Å². The van der Waals surface area contributed by atoms with E-state index in [1.807, 2.05) is 0 Å². The van der Waals surface area contributed by atoms with E-state index in [1.165, 1.54) is 12.1 Å². The first-order chi connectivity index (χ1) is 9.49. The normalized spacial score (nSPS) is 10.2. The summed E-state index contributed by atoms with van der Waals surface area (Å²) in [7, 11) is 1.72. The summed E-state index contributed by atoms with van der Waals surface area (Å²) in [5, 5.41) is 5.67. The minimum Gasteiger partial charge on any atom is -0.373 e. The zero-order chi connectivity index (χ0) is 14.7. The Morgan fingerprint density at radius 1 is 1.30 bits per heavy atom. The molecule has 0 aliphatic rings. The van der Waals surface area contributed by atoms with Crippen molar-refractivity contribution in [2.45, 2.75) is 6.92 Å².